The molecule has 10 heteroatoms. The molecule has 0 aromatic carbocycles. The maximum Gasteiger partial charge on any atom is 0.472 e. The molecular formula is C60H118NO8P. The number of unbranched alkanes of at least 4 members (excludes halogenated alkanes) is 44. The molecule has 70 heavy (non-hydrogen) atoms. The quantitative estimate of drug-likeness (QED) is 0.0264. The number of phosphoric ester groups is 1. The maximum absolute atomic E-state index is 12.6. The Morgan fingerprint density at radius 3 is 1.01 bits per heavy atom. The molecule has 0 aliphatic heterocycles. The largest absolute Gasteiger partial charge is 0.472 e. The van der Waals surface area contributed by atoms with E-state index in [1.54, 1.807) is 0 Å². The Morgan fingerprint density at radius 2 is 0.700 bits per heavy atom. The fraction of sp³-hybridized carbons (Fsp3) is 0.933. The van der Waals surface area contributed by atoms with Gasteiger partial charge in [-0.15, -0.1) is 0 Å². The third-order valence-electron chi connectivity index (χ3n) is 13.9. The zero-order valence-corrected chi connectivity index (χ0v) is 47.4. The van der Waals surface area contributed by atoms with Gasteiger partial charge in [0.25, 0.3) is 0 Å². The van der Waals surface area contributed by atoms with Crippen LogP contribution in [0.2, 0.25) is 0 Å². The monoisotopic (exact) mass is 1010 g/mol. The van der Waals surface area contributed by atoms with Gasteiger partial charge in [-0.3, -0.25) is 18.6 Å². The van der Waals surface area contributed by atoms with Crippen LogP contribution in [0, 0.1) is 0 Å². The summed E-state index contributed by atoms with van der Waals surface area (Å²) in [4.78, 5) is 35.1. The van der Waals surface area contributed by atoms with E-state index in [1.165, 1.54) is 244 Å². The van der Waals surface area contributed by atoms with E-state index in [0.717, 1.165) is 51.4 Å². The highest BCUT2D eigenvalue weighted by molar-refractivity contribution is 7.47. The summed E-state index contributed by atoms with van der Waals surface area (Å²) in [6, 6.07) is 0. The number of ether oxygens (including phenoxy) is 2. The normalized spacial score (nSPS) is 13.0. The number of allylic oxidation sites excluding steroid dienone is 2. The van der Waals surface area contributed by atoms with Gasteiger partial charge in [0, 0.05) is 19.4 Å². The van der Waals surface area contributed by atoms with E-state index in [1.807, 2.05) is 0 Å². The summed E-state index contributed by atoms with van der Waals surface area (Å²) in [7, 11) is -4.38. The molecular weight excluding hydrogens is 894 g/mol. The molecule has 0 amide bonds. The molecule has 0 aromatic heterocycles. The first-order valence-corrected chi connectivity index (χ1v) is 32.2. The molecule has 0 spiro atoms. The fourth-order valence-electron chi connectivity index (χ4n) is 9.34. The lowest BCUT2D eigenvalue weighted by atomic mass is 10.0. The molecule has 3 N–H and O–H groups in total. The number of hydrogen-bond donors (Lipinski definition) is 2. The first kappa shape index (κ1) is 68.8. The van der Waals surface area contributed by atoms with Gasteiger partial charge < -0.3 is 20.1 Å². The Balaban J connectivity index is 3.74. The Morgan fingerprint density at radius 1 is 0.414 bits per heavy atom. The summed E-state index contributed by atoms with van der Waals surface area (Å²) in [5.41, 5.74) is 5.37. The van der Waals surface area contributed by atoms with Gasteiger partial charge in [0.05, 0.1) is 13.2 Å². The average Bonchev–Trinajstić information content (AvgIpc) is 3.35. The molecule has 0 bridgehead atoms. The van der Waals surface area contributed by atoms with E-state index >= 15 is 0 Å². The number of carbonyl (C=O) groups is 2. The van der Waals surface area contributed by atoms with Crippen molar-refractivity contribution in [1.29, 1.82) is 0 Å². The van der Waals surface area contributed by atoms with Gasteiger partial charge in [-0.25, -0.2) is 4.57 Å². The SMILES string of the molecule is CCCCCCC/C=C\CCCCCCCC(=O)OC(COC(=O)CCCCCCCCCCCCCCCCCCCCCCCCCCCCCCCCCCCCC)COP(=O)(O)OCCN. The smallest absolute Gasteiger partial charge is 0.462 e. The van der Waals surface area contributed by atoms with Crippen molar-refractivity contribution in [1.82, 2.24) is 0 Å². The topological polar surface area (TPSA) is 134 Å². The third-order valence-corrected chi connectivity index (χ3v) is 14.9. The van der Waals surface area contributed by atoms with Crippen molar-refractivity contribution in [3.8, 4) is 0 Å². The zero-order valence-electron chi connectivity index (χ0n) is 46.5. The average molecular weight is 1010 g/mol. The summed E-state index contributed by atoms with van der Waals surface area (Å²) in [6.07, 6.45) is 66.0. The molecule has 0 heterocycles. The molecule has 2 unspecified atom stereocenters. The third kappa shape index (κ3) is 56.1. The molecule has 0 aliphatic carbocycles. The van der Waals surface area contributed by atoms with Crippen molar-refractivity contribution in [2.24, 2.45) is 5.73 Å². The second kappa shape index (κ2) is 57.0. The van der Waals surface area contributed by atoms with Crippen LogP contribution in [0.3, 0.4) is 0 Å². The van der Waals surface area contributed by atoms with Crippen LogP contribution in [0.25, 0.3) is 0 Å². The van der Waals surface area contributed by atoms with E-state index < -0.39 is 26.5 Å². The molecule has 0 aliphatic rings. The standard InChI is InChI=1S/C60H118NO8P/c1-3-5-7-9-11-13-15-17-19-20-21-22-23-24-25-26-27-28-29-30-31-32-33-34-35-36-37-38-39-41-42-44-46-48-50-52-59(62)66-56-58(57-68-70(64,65)67-55-54-61)69-60(63)53-51-49-47-45-43-40-18-16-14-12-10-8-6-4-2/h16,18,58H,3-15,17,19-57,61H2,1-2H3,(H,64,65)/b18-16-. The Hall–Kier alpha value is -1.25. The highest BCUT2D eigenvalue weighted by atomic mass is 31.2. The van der Waals surface area contributed by atoms with Gasteiger partial charge in [-0.05, 0) is 38.5 Å². The van der Waals surface area contributed by atoms with E-state index in [0.29, 0.717) is 6.42 Å². The summed E-state index contributed by atoms with van der Waals surface area (Å²) < 4.78 is 33.0. The van der Waals surface area contributed by atoms with Crippen LogP contribution in [-0.4, -0.2) is 49.3 Å². The maximum atomic E-state index is 12.6. The van der Waals surface area contributed by atoms with Gasteiger partial charge in [0.15, 0.2) is 6.10 Å². The molecule has 416 valence electrons. The van der Waals surface area contributed by atoms with Crippen LogP contribution in [0.15, 0.2) is 12.2 Å². The number of rotatable bonds is 59. The molecule has 0 rings (SSSR count). The lowest BCUT2D eigenvalue weighted by molar-refractivity contribution is -0.161. The highest BCUT2D eigenvalue weighted by Crippen LogP contribution is 2.43. The van der Waals surface area contributed by atoms with Gasteiger partial charge in [0.1, 0.15) is 6.61 Å². The van der Waals surface area contributed by atoms with E-state index in [2.05, 4.69) is 26.0 Å². The number of phosphoric acid groups is 1. The molecule has 2 atom stereocenters. The highest BCUT2D eigenvalue weighted by Gasteiger charge is 2.26. The van der Waals surface area contributed by atoms with Crippen molar-refractivity contribution in [2.75, 3.05) is 26.4 Å². The van der Waals surface area contributed by atoms with Crippen molar-refractivity contribution in [3.05, 3.63) is 12.2 Å². The van der Waals surface area contributed by atoms with Gasteiger partial charge in [-0.1, -0.05) is 289 Å². The number of esters is 2. The lowest BCUT2D eigenvalue weighted by Gasteiger charge is -2.19. The van der Waals surface area contributed by atoms with Crippen molar-refractivity contribution in [3.63, 3.8) is 0 Å². The van der Waals surface area contributed by atoms with Crippen LogP contribution < -0.4 is 5.73 Å². The van der Waals surface area contributed by atoms with E-state index in [4.69, 9.17) is 24.3 Å². The van der Waals surface area contributed by atoms with Crippen molar-refractivity contribution in [2.45, 2.75) is 335 Å². The zero-order chi connectivity index (χ0) is 51.0. The Labute approximate surface area is 434 Å². The van der Waals surface area contributed by atoms with Crippen LogP contribution in [-0.2, 0) is 32.7 Å². The summed E-state index contributed by atoms with van der Waals surface area (Å²) in [5.74, 6) is -0.820. The lowest BCUT2D eigenvalue weighted by Crippen LogP contribution is -2.29. The number of nitrogens with two attached hydrogens (primary N) is 1. The van der Waals surface area contributed by atoms with Gasteiger partial charge in [0.2, 0.25) is 0 Å². The predicted octanol–water partition coefficient (Wildman–Crippen LogP) is 19.2. The molecule has 0 radical (unpaired) electrons. The molecule has 0 aromatic rings. The summed E-state index contributed by atoms with van der Waals surface area (Å²) in [6.45, 7) is 3.78. The fourth-order valence-corrected chi connectivity index (χ4v) is 10.1. The number of hydrogen-bond acceptors (Lipinski definition) is 8. The summed E-state index contributed by atoms with van der Waals surface area (Å²) in [5, 5.41) is 0. The first-order chi connectivity index (χ1) is 34.3. The predicted molar refractivity (Wildman–Crippen MR) is 298 cm³/mol. The Bertz CT molecular complexity index is 1150. The molecule has 9 nitrogen and oxygen atoms in total. The number of carbonyl (C=O) groups excluding carboxylic acids is 2. The Kier molecular flexibility index (Phi) is 56.0. The van der Waals surface area contributed by atoms with Gasteiger partial charge >= 0.3 is 19.8 Å². The van der Waals surface area contributed by atoms with Crippen LogP contribution >= 0.6 is 7.82 Å². The van der Waals surface area contributed by atoms with Crippen LogP contribution in [0.1, 0.15) is 328 Å². The van der Waals surface area contributed by atoms with Crippen LogP contribution in [0.5, 0.6) is 0 Å². The van der Waals surface area contributed by atoms with Crippen LogP contribution in [0.4, 0.5) is 0 Å². The van der Waals surface area contributed by atoms with E-state index in [9.17, 15) is 19.0 Å². The minimum absolute atomic E-state index is 0.0552. The summed E-state index contributed by atoms with van der Waals surface area (Å²) >= 11 is 0. The second-order valence-corrected chi connectivity index (χ2v) is 22.4. The van der Waals surface area contributed by atoms with Crippen molar-refractivity contribution >= 4 is 19.8 Å². The second-order valence-electron chi connectivity index (χ2n) is 20.9. The molecule has 0 saturated carbocycles. The van der Waals surface area contributed by atoms with E-state index in [-0.39, 0.29) is 38.6 Å². The van der Waals surface area contributed by atoms with Crippen molar-refractivity contribution < 1.29 is 37.6 Å². The van der Waals surface area contributed by atoms with Gasteiger partial charge in [-0.2, -0.15) is 0 Å². The molecule has 0 saturated heterocycles. The minimum Gasteiger partial charge on any atom is -0.462 e. The molecule has 0 fully saturated rings. The minimum atomic E-state index is -4.38. The first-order valence-electron chi connectivity index (χ1n) is 30.7.